The van der Waals surface area contributed by atoms with Crippen LogP contribution in [0.2, 0.25) is 0 Å². The second-order valence-electron chi connectivity index (χ2n) is 7.47. The number of aromatic nitrogens is 2. The number of carbonyl (C=O) groups excluding carboxylic acids is 1. The molecule has 2 aromatic heterocycles. The first kappa shape index (κ1) is 18.3. The lowest BCUT2D eigenvalue weighted by molar-refractivity contribution is 0.0124. The van der Waals surface area contributed by atoms with Crippen molar-refractivity contribution >= 4 is 11.6 Å². The van der Waals surface area contributed by atoms with Gasteiger partial charge in [0.05, 0.1) is 25.5 Å². The lowest BCUT2D eigenvalue weighted by Gasteiger charge is -2.26. The molecule has 27 heavy (non-hydrogen) atoms. The lowest BCUT2D eigenvalue weighted by atomic mass is 9.90. The van der Waals surface area contributed by atoms with Gasteiger partial charge in [-0.3, -0.25) is 14.6 Å². The highest BCUT2D eigenvalue weighted by molar-refractivity contribution is 5.94. The molecule has 0 bridgehead atoms. The molecule has 1 N–H and O–H groups in total. The summed E-state index contributed by atoms with van der Waals surface area (Å²) in [7, 11) is 0. The molecule has 0 atom stereocenters. The molecular weight excluding hydrogens is 344 g/mol. The zero-order chi connectivity index (χ0) is 18.6. The summed E-state index contributed by atoms with van der Waals surface area (Å²) >= 11 is 0. The molecule has 0 unspecified atom stereocenters. The maximum absolute atomic E-state index is 12.8. The number of amides is 1. The normalized spacial score (nSPS) is 19.3. The van der Waals surface area contributed by atoms with Crippen molar-refractivity contribution in [1.29, 1.82) is 0 Å². The Morgan fingerprint density at radius 1 is 1.30 bits per heavy atom. The van der Waals surface area contributed by atoms with E-state index in [1.165, 1.54) is 32.1 Å². The molecule has 3 heterocycles. The monoisotopic (exact) mass is 372 g/mol. The minimum atomic E-state index is -0.147. The zero-order valence-electron chi connectivity index (χ0n) is 15.9. The average Bonchev–Trinajstić information content (AvgIpc) is 3.04. The first-order valence-electron chi connectivity index (χ1n) is 9.96. The second kappa shape index (κ2) is 8.27. The highest BCUT2D eigenvalue weighted by atomic mass is 16.5. The topological polar surface area (TPSA) is 68.1 Å². The number of nitrogens with one attached hydrogen (secondary N) is 1. The first-order valence-corrected chi connectivity index (χ1v) is 9.96. The van der Waals surface area contributed by atoms with Crippen molar-refractivity contribution < 1.29 is 14.3 Å². The van der Waals surface area contributed by atoms with Crippen LogP contribution in [-0.2, 0) is 4.74 Å². The molecule has 0 spiro atoms. The van der Waals surface area contributed by atoms with E-state index >= 15 is 0 Å². The van der Waals surface area contributed by atoms with E-state index in [0.717, 1.165) is 12.4 Å². The van der Waals surface area contributed by atoms with Gasteiger partial charge >= 0.3 is 0 Å². The van der Waals surface area contributed by atoms with Gasteiger partial charge in [-0.15, -0.1) is 0 Å². The van der Waals surface area contributed by atoms with Crippen LogP contribution in [0.25, 0.3) is 5.65 Å². The van der Waals surface area contributed by atoms with Crippen LogP contribution >= 0.6 is 0 Å². The van der Waals surface area contributed by atoms with E-state index < -0.39 is 0 Å². The zero-order valence-corrected chi connectivity index (χ0v) is 15.9. The summed E-state index contributed by atoms with van der Waals surface area (Å²) in [6.07, 6.45) is 8.29. The van der Waals surface area contributed by atoms with Gasteiger partial charge in [0, 0.05) is 19.3 Å². The number of aryl methyl sites for hydroxylation is 1. The van der Waals surface area contributed by atoms with E-state index in [1.54, 1.807) is 0 Å². The number of carbonyl (C=O) groups is 1. The van der Waals surface area contributed by atoms with Gasteiger partial charge in [-0.25, -0.2) is 9.99 Å². The fraction of sp³-hybridized carbons (Fsp3) is 0.600. The maximum Gasteiger partial charge on any atom is 0.284 e. The molecule has 7 heteroatoms. The number of fused-ring (bicyclic) bond motifs is 1. The van der Waals surface area contributed by atoms with Crippen molar-refractivity contribution in [3.05, 3.63) is 29.7 Å². The number of hydrogen-bond donors (Lipinski definition) is 1. The fourth-order valence-electron chi connectivity index (χ4n) is 3.98. The largest absolute Gasteiger partial charge is 0.489 e. The molecular formula is C20H28N4O3. The molecule has 0 radical (unpaired) electrons. The SMILES string of the molecule is Cc1nc2c(OCC3CCCCC3)cccn2c1C(=O)NN1CCOCC1. The van der Waals surface area contributed by atoms with Crippen LogP contribution in [0.3, 0.4) is 0 Å². The molecule has 1 saturated heterocycles. The highest BCUT2D eigenvalue weighted by Crippen LogP contribution is 2.27. The predicted molar refractivity (Wildman–Crippen MR) is 102 cm³/mol. The van der Waals surface area contributed by atoms with Crippen LogP contribution in [0.1, 0.15) is 48.3 Å². The summed E-state index contributed by atoms with van der Waals surface area (Å²) in [5.74, 6) is 1.22. The maximum atomic E-state index is 12.8. The molecule has 146 valence electrons. The van der Waals surface area contributed by atoms with Crippen LogP contribution in [0, 0.1) is 12.8 Å². The Hall–Kier alpha value is -2.12. The minimum absolute atomic E-state index is 0.147. The number of hydrogen-bond acceptors (Lipinski definition) is 5. The van der Waals surface area contributed by atoms with Gasteiger partial charge in [-0.2, -0.15) is 0 Å². The van der Waals surface area contributed by atoms with Crippen LogP contribution in [0.15, 0.2) is 18.3 Å². The van der Waals surface area contributed by atoms with Crippen molar-refractivity contribution in [3.63, 3.8) is 0 Å². The number of pyridine rings is 1. The Morgan fingerprint density at radius 3 is 2.85 bits per heavy atom. The fourth-order valence-corrected chi connectivity index (χ4v) is 3.98. The van der Waals surface area contributed by atoms with Crippen molar-refractivity contribution in [2.45, 2.75) is 39.0 Å². The average molecular weight is 372 g/mol. The quantitative estimate of drug-likeness (QED) is 0.874. The van der Waals surface area contributed by atoms with Crippen molar-refractivity contribution in [3.8, 4) is 5.75 Å². The Morgan fingerprint density at radius 2 is 2.07 bits per heavy atom. The standard InChI is InChI=1S/C20H28N4O3/c1-15-18(20(25)22-23-10-12-26-13-11-23)24-9-5-8-17(19(24)21-15)27-14-16-6-3-2-4-7-16/h5,8-9,16H,2-4,6-7,10-14H2,1H3,(H,22,25). The van der Waals surface area contributed by atoms with Crippen LogP contribution < -0.4 is 10.2 Å². The molecule has 0 aromatic carbocycles. The van der Waals surface area contributed by atoms with Crippen LogP contribution in [0.5, 0.6) is 5.75 Å². The number of imidazole rings is 1. The van der Waals surface area contributed by atoms with Gasteiger partial charge < -0.3 is 9.47 Å². The number of ether oxygens (including phenoxy) is 2. The summed E-state index contributed by atoms with van der Waals surface area (Å²) in [6, 6.07) is 3.85. The van der Waals surface area contributed by atoms with Crippen molar-refractivity contribution in [2.75, 3.05) is 32.9 Å². The molecule has 1 aliphatic heterocycles. The Balaban J connectivity index is 1.51. The Kier molecular flexibility index (Phi) is 5.59. The summed E-state index contributed by atoms with van der Waals surface area (Å²) in [6.45, 7) is 5.23. The molecule has 2 aliphatic rings. The molecule has 1 aliphatic carbocycles. The lowest BCUT2D eigenvalue weighted by Crippen LogP contribution is -2.48. The Labute approximate surface area is 159 Å². The van der Waals surface area contributed by atoms with Gasteiger partial charge in [0.2, 0.25) is 0 Å². The van der Waals surface area contributed by atoms with Crippen LogP contribution in [0.4, 0.5) is 0 Å². The van der Waals surface area contributed by atoms with E-state index in [1.807, 2.05) is 34.7 Å². The molecule has 2 aromatic rings. The smallest absolute Gasteiger partial charge is 0.284 e. The van der Waals surface area contributed by atoms with E-state index in [0.29, 0.717) is 49.3 Å². The second-order valence-corrected chi connectivity index (χ2v) is 7.47. The third-order valence-electron chi connectivity index (χ3n) is 5.47. The summed E-state index contributed by atoms with van der Waals surface area (Å²) in [5.41, 5.74) is 4.93. The first-order chi connectivity index (χ1) is 13.2. The van der Waals surface area contributed by atoms with Gasteiger partial charge in [0.25, 0.3) is 5.91 Å². The molecule has 2 fully saturated rings. The summed E-state index contributed by atoms with van der Waals surface area (Å²) in [4.78, 5) is 17.5. The number of nitrogens with zero attached hydrogens (tertiary/aromatic N) is 3. The minimum Gasteiger partial charge on any atom is -0.489 e. The summed E-state index contributed by atoms with van der Waals surface area (Å²) in [5, 5.41) is 1.90. The van der Waals surface area contributed by atoms with Gasteiger partial charge in [-0.1, -0.05) is 19.3 Å². The third kappa shape index (κ3) is 4.09. The van der Waals surface area contributed by atoms with Crippen molar-refractivity contribution in [2.24, 2.45) is 5.92 Å². The van der Waals surface area contributed by atoms with E-state index in [4.69, 9.17) is 9.47 Å². The van der Waals surface area contributed by atoms with Gasteiger partial charge in [-0.05, 0) is 37.8 Å². The van der Waals surface area contributed by atoms with Crippen LogP contribution in [-0.4, -0.2) is 53.2 Å². The van der Waals surface area contributed by atoms with E-state index in [-0.39, 0.29) is 5.91 Å². The number of morpholine rings is 1. The molecule has 4 rings (SSSR count). The van der Waals surface area contributed by atoms with E-state index in [9.17, 15) is 4.79 Å². The molecule has 7 nitrogen and oxygen atoms in total. The van der Waals surface area contributed by atoms with Gasteiger partial charge in [0.15, 0.2) is 11.4 Å². The highest BCUT2D eigenvalue weighted by Gasteiger charge is 2.22. The van der Waals surface area contributed by atoms with Gasteiger partial charge in [0.1, 0.15) is 5.69 Å². The number of rotatable bonds is 5. The predicted octanol–water partition coefficient (Wildman–Crippen LogP) is 2.58. The van der Waals surface area contributed by atoms with Crippen molar-refractivity contribution in [1.82, 2.24) is 19.8 Å². The molecule has 1 amide bonds. The third-order valence-corrected chi connectivity index (χ3v) is 5.47. The Bertz CT molecular complexity index is 792. The van der Waals surface area contributed by atoms with E-state index in [2.05, 4.69) is 10.4 Å². The number of hydrazine groups is 1. The molecule has 1 saturated carbocycles. The summed E-state index contributed by atoms with van der Waals surface area (Å²) < 4.78 is 13.3.